The lowest BCUT2D eigenvalue weighted by molar-refractivity contribution is 0.445. The molecular formula is C21H23NO. The van der Waals surface area contributed by atoms with Crippen molar-refractivity contribution in [3.05, 3.63) is 94.4 Å². The summed E-state index contributed by atoms with van der Waals surface area (Å²) in [6.45, 7) is 7.32. The third-order valence-electron chi connectivity index (χ3n) is 4.41. The summed E-state index contributed by atoms with van der Waals surface area (Å²) in [6, 6.07) is 19.0. The fourth-order valence-electron chi connectivity index (χ4n) is 2.91. The van der Waals surface area contributed by atoms with Crippen molar-refractivity contribution in [2.75, 3.05) is 0 Å². The number of benzene rings is 2. The maximum atomic E-state index is 5.65. The lowest BCUT2D eigenvalue weighted by Crippen LogP contribution is -2.22. The van der Waals surface area contributed by atoms with Gasteiger partial charge in [-0.3, -0.25) is 5.32 Å². The van der Waals surface area contributed by atoms with Crippen LogP contribution in [-0.4, -0.2) is 0 Å². The van der Waals surface area contributed by atoms with Crippen molar-refractivity contribution in [1.29, 1.82) is 0 Å². The summed E-state index contributed by atoms with van der Waals surface area (Å²) in [5.41, 5.74) is 6.55. The van der Waals surface area contributed by atoms with Crippen LogP contribution in [0.1, 0.15) is 39.6 Å². The topological polar surface area (TPSA) is 25.2 Å². The molecule has 1 atom stereocenters. The van der Waals surface area contributed by atoms with E-state index in [1.165, 1.54) is 27.8 Å². The molecule has 0 radical (unpaired) electrons. The highest BCUT2D eigenvalue weighted by Gasteiger charge is 2.16. The SMILES string of the molecule is Cc1cc(C)c(CNC(c2ccccc2)c2ccco2)cc1C. The molecule has 2 aromatic carbocycles. The Hall–Kier alpha value is -2.32. The predicted octanol–water partition coefficient (Wildman–Crippen LogP) is 5.08. The van der Waals surface area contributed by atoms with Crippen LogP contribution in [0.4, 0.5) is 0 Å². The number of aryl methyl sites for hydroxylation is 3. The van der Waals surface area contributed by atoms with Gasteiger partial charge in [-0.1, -0.05) is 42.5 Å². The van der Waals surface area contributed by atoms with E-state index < -0.39 is 0 Å². The monoisotopic (exact) mass is 305 g/mol. The minimum atomic E-state index is 0.0622. The van der Waals surface area contributed by atoms with Gasteiger partial charge in [0, 0.05) is 6.54 Å². The first-order valence-corrected chi connectivity index (χ1v) is 8.03. The molecule has 2 heteroatoms. The zero-order valence-electron chi connectivity index (χ0n) is 14.0. The van der Waals surface area contributed by atoms with E-state index in [4.69, 9.17) is 4.42 Å². The highest BCUT2D eigenvalue weighted by molar-refractivity contribution is 5.37. The molecule has 1 aromatic heterocycles. The van der Waals surface area contributed by atoms with E-state index in [1.54, 1.807) is 6.26 Å². The molecule has 118 valence electrons. The standard InChI is InChI=1S/C21H23NO/c1-15-12-17(3)19(13-16(15)2)14-22-21(20-10-7-11-23-20)18-8-5-4-6-9-18/h4-13,21-22H,14H2,1-3H3. The normalized spacial score (nSPS) is 12.3. The Morgan fingerprint density at radius 3 is 2.30 bits per heavy atom. The van der Waals surface area contributed by atoms with Gasteiger partial charge in [0.1, 0.15) is 5.76 Å². The van der Waals surface area contributed by atoms with Gasteiger partial charge in [-0.2, -0.15) is 0 Å². The van der Waals surface area contributed by atoms with Crippen LogP contribution in [0.5, 0.6) is 0 Å². The summed E-state index contributed by atoms with van der Waals surface area (Å²) >= 11 is 0. The van der Waals surface area contributed by atoms with Crippen LogP contribution in [0.15, 0.2) is 65.3 Å². The highest BCUT2D eigenvalue weighted by Crippen LogP contribution is 2.24. The molecule has 3 aromatic rings. The minimum Gasteiger partial charge on any atom is -0.467 e. The fourth-order valence-corrected chi connectivity index (χ4v) is 2.91. The van der Waals surface area contributed by atoms with E-state index >= 15 is 0 Å². The quantitative estimate of drug-likeness (QED) is 0.710. The Kier molecular flexibility index (Phi) is 4.63. The average Bonchev–Trinajstić information content (AvgIpc) is 3.07. The van der Waals surface area contributed by atoms with Crippen LogP contribution in [0.3, 0.4) is 0 Å². The van der Waals surface area contributed by atoms with Crippen molar-refractivity contribution in [3.8, 4) is 0 Å². The molecule has 0 saturated carbocycles. The van der Waals surface area contributed by atoms with Crippen LogP contribution in [-0.2, 0) is 6.54 Å². The molecule has 0 saturated heterocycles. The van der Waals surface area contributed by atoms with Crippen LogP contribution in [0, 0.1) is 20.8 Å². The molecule has 0 spiro atoms. The summed E-state index contributed by atoms with van der Waals surface area (Å²) in [4.78, 5) is 0. The second-order valence-electron chi connectivity index (χ2n) is 6.10. The highest BCUT2D eigenvalue weighted by atomic mass is 16.3. The van der Waals surface area contributed by atoms with E-state index in [1.807, 2.05) is 18.2 Å². The van der Waals surface area contributed by atoms with Crippen LogP contribution >= 0.6 is 0 Å². The van der Waals surface area contributed by atoms with Crippen molar-refractivity contribution in [2.45, 2.75) is 33.4 Å². The molecule has 0 aliphatic rings. The lowest BCUT2D eigenvalue weighted by Gasteiger charge is -2.19. The molecule has 1 heterocycles. The summed E-state index contributed by atoms with van der Waals surface area (Å²) in [5.74, 6) is 0.942. The Morgan fingerprint density at radius 1 is 0.870 bits per heavy atom. The maximum absolute atomic E-state index is 5.65. The van der Waals surface area contributed by atoms with E-state index in [2.05, 4.69) is 62.5 Å². The summed E-state index contributed by atoms with van der Waals surface area (Å²) in [6.07, 6.45) is 1.73. The average molecular weight is 305 g/mol. The molecule has 0 aliphatic heterocycles. The second-order valence-corrected chi connectivity index (χ2v) is 6.10. The first-order valence-electron chi connectivity index (χ1n) is 8.03. The Morgan fingerprint density at radius 2 is 1.61 bits per heavy atom. The minimum absolute atomic E-state index is 0.0622. The van der Waals surface area contributed by atoms with Crippen molar-refractivity contribution in [3.63, 3.8) is 0 Å². The molecule has 0 bridgehead atoms. The summed E-state index contributed by atoms with van der Waals surface area (Å²) in [5, 5.41) is 3.65. The van der Waals surface area contributed by atoms with Gasteiger partial charge in [0.05, 0.1) is 12.3 Å². The zero-order valence-corrected chi connectivity index (χ0v) is 14.0. The third kappa shape index (κ3) is 3.54. The van der Waals surface area contributed by atoms with Gasteiger partial charge in [-0.15, -0.1) is 0 Å². The zero-order chi connectivity index (χ0) is 16.2. The van der Waals surface area contributed by atoms with Gasteiger partial charge < -0.3 is 4.42 Å². The molecule has 0 amide bonds. The van der Waals surface area contributed by atoms with Crippen LogP contribution in [0.2, 0.25) is 0 Å². The van der Waals surface area contributed by atoms with Gasteiger partial charge in [0.15, 0.2) is 0 Å². The van der Waals surface area contributed by atoms with Gasteiger partial charge in [0.25, 0.3) is 0 Å². The van der Waals surface area contributed by atoms with E-state index in [-0.39, 0.29) is 6.04 Å². The molecule has 1 unspecified atom stereocenters. The Labute approximate surface area is 138 Å². The molecule has 23 heavy (non-hydrogen) atoms. The number of nitrogens with one attached hydrogen (secondary N) is 1. The first-order chi connectivity index (χ1) is 11.1. The molecule has 0 aliphatic carbocycles. The molecular weight excluding hydrogens is 282 g/mol. The van der Waals surface area contributed by atoms with Gasteiger partial charge >= 0.3 is 0 Å². The lowest BCUT2D eigenvalue weighted by atomic mass is 9.99. The third-order valence-corrected chi connectivity index (χ3v) is 4.41. The Balaban J connectivity index is 1.84. The van der Waals surface area contributed by atoms with Crippen LogP contribution < -0.4 is 5.32 Å². The number of rotatable bonds is 5. The summed E-state index contributed by atoms with van der Waals surface area (Å²) in [7, 11) is 0. The summed E-state index contributed by atoms with van der Waals surface area (Å²) < 4.78 is 5.65. The number of furan rings is 1. The number of hydrogen-bond acceptors (Lipinski definition) is 2. The predicted molar refractivity (Wildman–Crippen MR) is 94.5 cm³/mol. The van der Waals surface area contributed by atoms with Gasteiger partial charge in [-0.25, -0.2) is 0 Å². The molecule has 0 fully saturated rings. The van der Waals surface area contributed by atoms with Crippen molar-refractivity contribution >= 4 is 0 Å². The van der Waals surface area contributed by atoms with Crippen molar-refractivity contribution in [1.82, 2.24) is 5.32 Å². The van der Waals surface area contributed by atoms with Crippen LogP contribution in [0.25, 0.3) is 0 Å². The smallest absolute Gasteiger partial charge is 0.125 e. The van der Waals surface area contributed by atoms with E-state index in [9.17, 15) is 0 Å². The van der Waals surface area contributed by atoms with Gasteiger partial charge in [0.2, 0.25) is 0 Å². The number of hydrogen-bond donors (Lipinski definition) is 1. The molecule has 3 rings (SSSR count). The van der Waals surface area contributed by atoms with E-state index in [0.29, 0.717) is 0 Å². The van der Waals surface area contributed by atoms with Crippen molar-refractivity contribution < 1.29 is 4.42 Å². The fraction of sp³-hybridized carbons (Fsp3) is 0.238. The largest absolute Gasteiger partial charge is 0.467 e. The van der Waals surface area contributed by atoms with Gasteiger partial charge in [-0.05, 0) is 60.7 Å². The maximum Gasteiger partial charge on any atom is 0.125 e. The molecule has 1 N–H and O–H groups in total. The molecule has 2 nitrogen and oxygen atoms in total. The Bertz CT molecular complexity index is 760. The van der Waals surface area contributed by atoms with E-state index in [0.717, 1.165) is 12.3 Å². The first kappa shape index (κ1) is 15.6. The second kappa shape index (κ2) is 6.84. The van der Waals surface area contributed by atoms with Crippen molar-refractivity contribution in [2.24, 2.45) is 0 Å².